The standard InChI is InChI=1S/C12H12N4O2/c1-3-15-10(17)8-6-4-5-7-9(8)16-12(15)13-11(14-16)18-2/h4-7H,3H2,1-2H3. The van der Waals surface area contributed by atoms with Crippen molar-refractivity contribution in [1.29, 1.82) is 0 Å². The molecule has 0 spiro atoms. The monoisotopic (exact) mass is 244 g/mol. The Labute approximate surface area is 102 Å². The molecule has 3 aromatic rings. The Hall–Kier alpha value is -2.37. The molecule has 0 unspecified atom stereocenters. The Morgan fingerprint density at radius 2 is 2.11 bits per heavy atom. The fourth-order valence-electron chi connectivity index (χ4n) is 2.07. The van der Waals surface area contributed by atoms with Crippen LogP contribution in [-0.2, 0) is 6.54 Å². The maximum atomic E-state index is 12.3. The highest BCUT2D eigenvalue weighted by Gasteiger charge is 2.13. The predicted octanol–water partition coefficient (Wildman–Crippen LogP) is 1.07. The van der Waals surface area contributed by atoms with Crippen LogP contribution in [0.3, 0.4) is 0 Å². The molecule has 0 radical (unpaired) electrons. The minimum Gasteiger partial charge on any atom is -0.466 e. The molecule has 6 heteroatoms. The molecular formula is C12H12N4O2. The average Bonchev–Trinajstić information content (AvgIpc) is 2.84. The van der Waals surface area contributed by atoms with Crippen molar-refractivity contribution in [3.8, 4) is 6.01 Å². The zero-order valence-corrected chi connectivity index (χ0v) is 10.1. The Morgan fingerprint density at radius 3 is 2.83 bits per heavy atom. The number of benzene rings is 1. The summed E-state index contributed by atoms with van der Waals surface area (Å²) in [6.45, 7) is 2.44. The number of ether oxygens (including phenoxy) is 1. The van der Waals surface area contributed by atoms with E-state index < -0.39 is 0 Å². The Kier molecular flexibility index (Phi) is 2.29. The molecule has 0 fully saturated rings. The molecule has 18 heavy (non-hydrogen) atoms. The van der Waals surface area contributed by atoms with Gasteiger partial charge in [-0.25, -0.2) is 0 Å². The van der Waals surface area contributed by atoms with Gasteiger partial charge in [-0.05, 0) is 19.1 Å². The molecule has 92 valence electrons. The highest BCUT2D eigenvalue weighted by molar-refractivity contribution is 5.79. The first-order valence-corrected chi connectivity index (χ1v) is 5.68. The van der Waals surface area contributed by atoms with Gasteiger partial charge in [-0.15, -0.1) is 5.10 Å². The van der Waals surface area contributed by atoms with Gasteiger partial charge in [-0.1, -0.05) is 12.1 Å². The van der Waals surface area contributed by atoms with E-state index in [9.17, 15) is 4.79 Å². The maximum Gasteiger partial charge on any atom is 0.337 e. The number of para-hydroxylation sites is 1. The van der Waals surface area contributed by atoms with E-state index in [1.165, 1.54) is 7.11 Å². The summed E-state index contributed by atoms with van der Waals surface area (Å²) in [5.41, 5.74) is 0.675. The fraction of sp³-hybridized carbons (Fsp3) is 0.250. The van der Waals surface area contributed by atoms with Crippen molar-refractivity contribution in [2.75, 3.05) is 7.11 Å². The van der Waals surface area contributed by atoms with Gasteiger partial charge in [0.1, 0.15) is 0 Å². The molecule has 0 atom stereocenters. The van der Waals surface area contributed by atoms with Gasteiger partial charge in [0.2, 0.25) is 5.78 Å². The van der Waals surface area contributed by atoms with E-state index >= 15 is 0 Å². The summed E-state index contributed by atoms with van der Waals surface area (Å²) in [6.07, 6.45) is 0. The SMILES string of the molecule is CCn1c(=O)c2ccccc2n2nc(OC)nc12. The highest BCUT2D eigenvalue weighted by Crippen LogP contribution is 2.14. The molecule has 0 aliphatic heterocycles. The lowest BCUT2D eigenvalue weighted by atomic mass is 10.2. The van der Waals surface area contributed by atoms with Crippen molar-refractivity contribution in [1.82, 2.24) is 19.2 Å². The Bertz CT molecular complexity index is 788. The zero-order chi connectivity index (χ0) is 12.7. The number of aromatic nitrogens is 4. The first-order chi connectivity index (χ1) is 8.76. The van der Waals surface area contributed by atoms with Gasteiger partial charge in [0.05, 0.1) is 18.0 Å². The van der Waals surface area contributed by atoms with Gasteiger partial charge in [-0.3, -0.25) is 9.36 Å². The first kappa shape index (κ1) is 10.8. The molecule has 0 saturated heterocycles. The maximum absolute atomic E-state index is 12.3. The van der Waals surface area contributed by atoms with Crippen LogP contribution in [0.4, 0.5) is 0 Å². The van der Waals surface area contributed by atoms with Gasteiger partial charge < -0.3 is 4.74 Å². The number of aryl methyl sites for hydroxylation is 1. The van der Waals surface area contributed by atoms with E-state index in [2.05, 4.69) is 10.1 Å². The van der Waals surface area contributed by atoms with Gasteiger partial charge >= 0.3 is 6.01 Å². The molecule has 0 aliphatic rings. The van der Waals surface area contributed by atoms with Crippen LogP contribution in [0.25, 0.3) is 16.7 Å². The van der Waals surface area contributed by atoms with E-state index in [0.717, 1.165) is 5.52 Å². The van der Waals surface area contributed by atoms with Crippen LogP contribution in [0.2, 0.25) is 0 Å². The average molecular weight is 244 g/mol. The minimum absolute atomic E-state index is 0.0596. The van der Waals surface area contributed by atoms with E-state index in [-0.39, 0.29) is 11.6 Å². The van der Waals surface area contributed by atoms with Crippen molar-refractivity contribution in [3.05, 3.63) is 34.6 Å². The van der Waals surface area contributed by atoms with Crippen molar-refractivity contribution in [3.63, 3.8) is 0 Å². The fourth-order valence-corrected chi connectivity index (χ4v) is 2.07. The van der Waals surface area contributed by atoms with E-state index in [0.29, 0.717) is 17.7 Å². The molecular weight excluding hydrogens is 232 g/mol. The van der Waals surface area contributed by atoms with Gasteiger partial charge in [-0.2, -0.15) is 9.50 Å². The van der Waals surface area contributed by atoms with Crippen LogP contribution in [-0.4, -0.2) is 26.3 Å². The normalized spacial score (nSPS) is 11.2. The quantitative estimate of drug-likeness (QED) is 0.676. The van der Waals surface area contributed by atoms with Gasteiger partial charge in [0, 0.05) is 6.54 Å². The molecule has 0 saturated carbocycles. The Morgan fingerprint density at radius 1 is 1.33 bits per heavy atom. The highest BCUT2D eigenvalue weighted by atomic mass is 16.5. The van der Waals surface area contributed by atoms with E-state index in [4.69, 9.17) is 4.74 Å². The largest absolute Gasteiger partial charge is 0.466 e. The molecule has 0 amide bonds. The van der Waals surface area contributed by atoms with E-state index in [1.807, 2.05) is 25.1 Å². The third-order valence-corrected chi connectivity index (χ3v) is 2.92. The number of methoxy groups -OCH3 is 1. The lowest BCUT2D eigenvalue weighted by molar-refractivity contribution is 0.381. The number of fused-ring (bicyclic) bond motifs is 3. The third-order valence-electron chi connectivity index (χ3n) is 2.92. The lowest BCUT2D eigenvalue weighted by Crippen LogP contribution is -2.22. The molecule has 0 bridgehead atoms. The number of hydrogen-bond donors (Lipinski definition) is 0. The molecule has 3 rings (SSSR count). The molecule has 0 aliphatic carbocycles. The Balaban J connectivity index is 2.60. The summed E-state index contributed by atoms with van der Waals surface area (Å²) in [6, 6.07) is 7.60. The van der Waals surface area contributed by atoms with Crippen molar-refractivity contribution >= 4 is 16.7 Å². The summed E-state index contributed by atoms with van der Waals surface area (Å²) in [5.74, 6) is 0.498. The van der Waals surface area contributed by atoms with Crippen LogP contribution < -0.4 is 10.3 Å². The summed E-state index contributed by atoms with van der Waals surface area (Å²) in [7, 11) is 1.51. The van der Waals surface area contributed by atoms with Gasteiger partial charge in [0.25, 0.3) is 5.56 Å². The number of nitrogens with zero attached hydrogens (tertiary/aromatic N) is 4. The van der Waals surface area contributed by atoms with Crippen molar-refractivity contribution in [2.45, 2.75) is 13.5 Å². The van der Waals surface area contributed by atoms with Crippen LogP contribution in [0.15, 0.2) is 29.1 Å². The molecule has 2 heterocycles. The van der Waals surface area contributed by atoms with Gasteiger partial charge in [0.15, 0.2) is 0 Å². The van der Waals surface area contributed by atoms with Crippen LogP contribution >= 0.6 is 0 Å². The summed E-state index contributed by atoms with van der Waals surface area (Å²) < 4.78 is 8.25. The smallest absolute Gasteiger partial charge is 0.337 e. The predicted molar refractivity (Wildman–Crippen MR) is 67.0 cm³/mol. The first-order valence-electron chi connectivity index (χ1n) is 5.68. The topological polar surface area (TPSA) is 61.4 Å². The van der Waals surface area contributed by atoms with Crippen molar-refractivity contribution < 1.29 is 4.74 Å². The number of rotatable bonds is 2. The van der Waals surface area contributed by atoms with Crippen LogP contribution in [0.1, 0.15) is 6.92 Å². The summed E-state index contributed by atoms with van der Waals surface area (Å²) >= 11 is 0. The minimum atomic E-state index is -0.0596. The van der Waals surface area contributed by atoms with Crippen molar-refractivity contribution in [2.24, 2.45) is 0 Å². The third kappa shape index (κ3) is 1.32. The lowest BCUT2D eigenvalue weighted by Gasteiger charge is -2.06. The summed E-state index contributed by atoms with van der Waals surface area (Å²) in [4.78, 5) is 16.5. The zero-order valence-electron chi connectivity index (χ0n) is 10.1. The van der Waals surface area contributed by atoms with Crippen LogP contribution in [0, 0.1) is 0 Å². The molecule has 2 aromatic heterocycles. The summed E-state index contributed by atoms with van der Waals surface area (Å²) in [5, 5.41) is 4.86. The second-order valence-corrected chi connectivity index (χ2v) is 3.88. The van der Waals surface area contributed by atoms with E-state index in [1.54, 1.807) is 15.1 Å². The molecule has 0 N–H and O–H groups in total. The molecule has 6 nitrogen and oxygen atoms in total. The van der Waals surface area contributed by atoms with Crippen LogP contribution in [0.5, 0.6) is 6.01 Å². The number of hydrogen-bond acceptors (Lipinski definition) is 4. The second-order valence-electron chi connectivity index (χ2n) is 3.88. The molecule has 1 aromatic carbocycles. The second kappa shape index (κ2) is 3.83.